The molecule has 0 aromatic rings. The van der Waals surface area contributed by atoms with Gasteiger partial charge < -0.3 is 30.0 Å². The molecule has 0 saturated carbocycles. The van der Waals surface area contributed by atoms with Crippen molar-refractivity contribution in [1.82, 2.24) is 0 Å². The summed E-state index contributed by atoms with van der Waals surface area (Å²) in [7, 11) is 0. The summed E-state index contributed by atoms with van der Waals surface area (Å²) >= 11 is 0. The van der Waals surface area contributed by atoms with E-state index in [2.05, 4.69) is 6.58 Å². The summed E-state index contributed by atoms with van der Waals surface area (Å²) in [4.78, 5) is 28.7. The predicted molar refractivity (Wildman–Crippen MR) is 43.1 cm³/mol. The summed E-state index contributed by atoms with van der Waals surface area (Å²) < 4.78 is 0. The maximum absolute atomic E-state index is 9.60. The molecule has 2 N–H and O–H groups in total. The smallest absolute Gasteiger partial charge is 0.550 e. The summed E-state index contributed by atoms with van der Waals surface area (Å²) in [5.41, 5.74) is 0.176. The molecule has 0 amide bonds. The van der Waals surface area contributed by atoms with E-state index in [1.165, 1.54) is 6.92 Å². The van der Waals surface area contributed by atoms with Crippen LogP contribution in [0, 0.1) is 0 Å². The van der Waals surface area contributed by atoms with Crippen LogP contribution in [0.3, 0.4) is 0 Å². The Morgan fingerprint density at radius 3 is 1.69 bits per heavy atom. The minimum atomic E-state index is -1.96. The number of carbonyl (C=O) groups is 3. The fourth-order valence-electron chi connectivity index (χ4n) is 0.241. The first-order valence-electron chi connectivity index (χ1n) is 3.66. The van der Waals surface area contributed by atoms with Crippen molar-refractivity contribution in [3.05, 3.63) is 12.2 Å². The Labute approximate surface area is 104 Å². The monoisotopic (exact) mass is 282 g/mol. The SMILES string of the molecule is C=C(C)C(=O)O.O=C([O-])CC(O)C(=O)[O-].[Zn+2]. The Hall–Kier alpha value is -1.27. The fraction of sp³-hybridized carbons (Fsp3) is 0.375. The van der Waals surface area contributed by atoms with Gasteiger partial charge in [0.1, 0.15) is 0 Å². The molecule has 0 fully saturated rings. The molecule has 0 radical (unpaired) electrons. The molecular formula is C8H10O7Zn. The molecule has 0 aliphatic rings. The summed E-state index contributed by atoms with van der Waals surface area (Å²) in [5.74, 6) is -4.36. The van der Waals surface area contributed by atoms with Crippen LogP contribution in [0.1, 0.15) is 13.3 Å². The maximum Gasteiger partial charge on any atom is 2.00 e. The van der Waals surface area contributed by atoms with Gasteiger partial charge in [-0.2, -0.15) is 0 Å². The summed E-state index contributed by atoms with van der Waals surface area (Å²) in [6, 6.07) is 0. The zero-order valence-corrected chi connectivity index (χ0v) is 11.6. The van der Waals surface area contributed by atoms with E-state index in [-0.39, 0.29) is 25.1 Å². The van der Waals surface area contributed by atoms with Crippen LogP contribution in [-0.4, -0.2) is 34.2 Å². The van der Waals surface area contributed by atoms with Gasteiger partial charge in [-0.25, -0.2) is 4.79 Å². The van der Waals surface area contributed by atoms with Crippen LogP contribution >= 0.6 is 0 Å². The van der Waals surface area contributed by atoms with Gasteiger partial charge in [0.2, 0.25) is 0 Å². The summed E-state index contributed by atoms with van der Waals surface area (Å²) in [6.45, 7) is 4.60. The molecular weight excluding hydrogens is 273 g/mol. The van der Waals surface area contributed by atoms with Crippen molar-refractivity contribution in [3.8, 4) is 0 Å². The average molecular weight is 284 g/mol. The summed E-state index contributed by atoms with van der Waals surface area (Å²) in [6.07, 6.45) is -2.89. The van der Waals surface area contributed by atoms with E-state index in [0.29, 0.717) is 0 Å². The number of hydrogen-bond acceptors (Lipinski definition) is 6. The van der Waals surface area contributed by atoms with Gasteiger partial charge in [-0.15, -0.1) is 0 Å². The number of hydrogen-bond donors (Lipinski definition) is 2. The standard InChI is InChI=1S/C4H6O5.C4H6O2.Zn/c5-2(4(8)9)1-3(6)7;1-3(2)4(5)6;/h2,5H,1H2,(H,6,7)(H,8,9);1H2,2H3,(H,5,6);/q;;+2/p-2. The van der Waals surface area contributed by atoms with Crippen molar-refractivity contribution in [3.63, 3.8) is 0 Å². The van der Waals surface area contributed by atoms with Crippen molar-refractivity contribution in [2.45, 2.75) is 19.4 Å². The van der Waals surface area contributed by atoms with Crippen molar-refractivity contribution >= 4 is 17.9 Å². The number of carboxylic acid groups (broad SMARTS) is 3. The van der Waals surface area contributed by atoms with Crippen LogP contribution in [0.5, 0.6) is 0 Å². The molecule has 0 spiro atoms. The van der Waals surface area contributed by atoms with Crippen LogP contribution in [0.25, 0.3) is 0 Å². The van der Waals surface area contributed by atoms with Gasteiger partial charge in [0.05, 0.1) is 12.1 Å². The predicted octanol–water partition coefficient (Wildman–Crippen LogP) is -3.12. The van der Waals surface area contributed by atoms with E-state index in [9.17, 15) is 24.6 Å². The Morgan fingerprint density at radius 2 is 1.62 bits per heavy atom. The molecule has 0 aromatic carbocycles. The van der Waals surface area contributed by atoms with Crippen molar-refractivity contribution < 1.29 is 54.3 Å². The molecule has 7 nitrogen and oxygen atoms in total. The molecule has 0 saturated heterocycles. The molecule has 0 aliphatic heterocycles. The second kappa shape index (κ2) is 10.3. The van der Waals surface area contributed by atoms with Crippen LogP contribution in [0.2, 0.25) is 0 Å². The minimum Gasteiger partial charge on any atom is -0.550 e. The molecule has 8 heteroatoms. The van der Waals surface area contributed by atoms with Crippen LogP contribution < -0.4 is 10.2 Å². The third kappa shape index (κ3) is 15.2. The molecule has 16 heavy (non-hydrogen) atoms. The van der Waals surface area contributed by atoms with Gasteiger partial charge in [0, 0.05) is 18.0 Å². The first kappa shape index (κ1) is 20.2. The van der Waals surface area contributed by atoms with Crippen LogP contribution in [-0.2, 0) is 33.9 Å². The van der Waals surface area contributed by atoms with E-state index in [0.717, 1.165) is 0 Å². The van der Waals surface area contributed by atoms with Gasteiger partial charge in [0.15, 0.2) is 0 Å². The van der Waals surface area contributed by atoms with E-state index in [1.54, 1.807) is 0 Å². The first-order chi connectivity index (χ1) is 6.68. The second-order valence-corrected chi connectivity index (χ2v) is 2.50. The van der Waals surface area contributed by atoms with Gasteiger partial charge in [-0.3, -0.25) is 0 Å². The molecule has 1 unspecified atom stereocenters. The van der Waals surface area contributed by atoms with E-state index in [4.69, 9.17) is 10.2 Å². The molecule has 0 aliphatic carbocycles. The molecule has 0 heterocycles. The molecule has 0 rings (SSSR count). The van der Waals surface area contributed by atoms with E-state index < -0.39 is 30.4 Å². The third-order valence-electron chi connectivity index (χ3n) is 0.997. The number of carbonyl (C=O) groups excluding carboxylic acids is 2. The Balaban J connectivity index is -0.000000214. The number of aliphatic carboxylic acids is 3. The molecule has 86 valence electrons. The van der Waals surface area contributed by atoms with Gasteiger partial charge >= 0.3 is 25.4 Å². The van der Waals surface area contributed by atoms with Crippen molar-refractivity contribution in [2.24, 2.45) is 0 Å². The first-order valence-corrected chi connectivity index (χ1v) is 3.66. The fourth-order valence-corrected chi connectivity index (χ4v) is 0.241. The van der Waals surface area contributed by atoms with Gasteiger partial charge in [0.25, 0.3) is 0 Å². The van der Waals surface area contributed by atoms with Crippen molar-refractivity contribution in [1.29, 1.82) is 0 Å². The van der Waals surface area contributed by atoms with Gasteiger partial charge in [-0.05, 0) is 6.92 Å². The Morgan fingerprint density at radius 1 is 1.31 bits per heavy atom. The zero-order valence-electron chi connectivity index (χ0n) is 8.63. The van der Waals surface area contributed by atoms with Crippen LogP contribution in [0.4, 0.5) is 0 Å². The Bertz CT molecular complexity index is 262. The topological polar surface area (TPSA) is 138 Å². The van der Waals surface area contributed by atoms with E-state index >= 15 is 0 Å². The summed E-state index contributed by atoms with van der Waals surface area (Å²) in [5, 5.41) is 35.2. The van der Waals surface area contributed by atoms with Crippen LogP contribution in [0.15, 0.2) is 12.2 Å². The Kier molecular flexibility index (Phi) is 12.9. The number of aliphatic hydroxyl groups excluding tert-OH is 1. The van der Waals surface area contributed by atoms with Crippen molar-refractivity contribution in [2.75, 3.05) is 0 Å². The molecule has 1 atom stereocenters. The number of rotatable bonds is 4. The normalized spacial score (nSPS) is 9.88. The third-order valence-corrected chi connectivity index (χ3v) is 0.997. The van der Waals surface area contributed by atoms with E-state index in [1.807, 2.05) is 0 Å². The zero-order chi connectivity index (χ0) is 12.6. The largest absolute Gasteiger partial charge is 2.00 e. The molecule has 0 bridgehead atoms. The van der Waals surface area contributed by atoms with Gasteiger partial charge in [-0.1, -0.05) is 6.58 Å². The average Bonchev–Trinajstić information content (AvgIpc) is 2.03. The quantitative estimate of drug-likeness (QED) is 0.411. The maximum atomic E-state index is 9.60. The number of aliphatic hydroxyl groups is 1. The number of carboxylic acids is 3. The second-order valence-electron chi connectivity index (χ2n) is 2.50. The minimum absolute atomic E-state index is 0. The molecule has 0 aromatic heterocycles.